The summed E-state index contributed by atoms with van der Waals surface area (Å²) in [7, 11) is 6.70. The smallest absolute Gasteiger partial charge is 0.501 e. The van der Waals surface area contributed by atoms with Crippen LogP contribution < -0.4 is 18.1 Å². The zero-order valence-electron chi connectivity index (χ0n) is 20.6. The van der Waals surface area contributed by atoms with Crippen LogP contribution in [0.4, 0.5) is 0 Å². The van der Waals surface area contributed by atoms with E-state index in [0.717, 1.165) is 36.0 Å². The summed E-state index contributed by atoms with van der Waals surface area (Å²) < 4.78 is 33.9. The van der Waals surface area contributed by atoms with E-state index in [-0.39, 0.29) is 24.8 Å². The fraction of sp³-hybridized carbons (Fsp3) is 1.00. The Kier molecular flexibility index (Phi) is 27.3. The second kappa shape index (κ2) is 21.5. The summed E-state index contributed by atoms with van der Waals surface area (Å²) in [4.78, 5) is 0. The second-order valence-electron chi connectivity index (χ2n) is 7.29. The molecule has 0 atom stereocenters. The monoisotopic (exact) mass is 514 g/mol. The van der Waals surface area contributed by atoms with Crippen molar-refractivity contribution in [3.05, 3.63) is 0 Å². The Bertz CT molecular complexity index is 341. The Morgan fingerprint density at radius 1 is 0.700 bits per heavy atom. The van der Waals surface area contributed by atoms with Crippen molar-refractivity contribution >= 4 is 30.0 Å². The van der Waals surface area contributed by atoms with Crippen molar-refractivity contribution in [1.29, 1.82) is 0 Å². The van der Waals surface area contributed by atoms with Crippen LogP contribution in [0.5, 0.6) is 0 Å². The number of hydrogen-bond donors (Lipinski definition) is 1. The fourth-order valence-electron chi connectivity index (χ4n) is 2.65. The van der Waals surface area contributed by atoms with Gasteiger partial charge >= 0.3 is 17.6 Å². The molecule has 2 N–H and O–H groups in total. The lowest BCUT2D eigenvalue weighted by Gasteiger charge is -2.30. The van der Waals surface area contributed by atoms with Gasteiger partial charge in [-0.25, -0.2) is 0 Å². The van der Waals surface area contributed by atoms with Crippen LogP contribution in [-0.2, 0) is 26.6 Å². The minimum atomic E-state index is -2.41. The van der Waals surface area contributed by atoms with Gasteiger partial charge in [-0.2, -0.15) is 0 Å². The van der Waals surface area contributed by atoms with Crippen LogP contribution >= 0.6 is 12.4 Å². The van der Waals surface area contributed by atoms with Crippen molar-refractivity contribution < 1.29 is 43.4 Å². The molecule has 188 valence electrons. The molecule has 0 saturated carbocycles. The largest absolute Gasteiger partial charge is 1.00 e. The van der Waals surface area contributed by atoms with Gasteiger partial charge in [0.15, 0.2) is 0 Å². The number of quaternary nitrogens is 1. The molecule has 0 fully saturated rings. The zero-order valence-corrected chi connectivity index (χ0v) is 24.2. The lowest BCUT2D eigenvalue weighted by atomic mass is 10.4. The lowest BCUT2D eigenvalue weighted by Crippen LogP contribution is -3.00. The van der Waals surface area contributed by atoms with Crippen molar-refractivity contribution in [2.24, 2.45) is 5.73 Å². The highest BCUT2D eigenvalue weighted by Crippen LogP contribution is 2.19. The highest BCUT2D eigenvalue weighted by atomic mass is 35.5. The van der Waals surface area contributed by atoms with Crippen molar-refractivity contribution in [1.82, 2.24) is 0 Å². The predicted molar refractivity (Wildman–Crippen MR) is 125 cm³/mol. The SMILES string of the molecule is CCO[Si](CCC[N+](C)(C)C)(OCC)OCC.CO[Si](CCCN)(OC)OC.Cl.[Cl-]. The molecule has 0 heterocycles. The molecule has 0 aromatic carbocycles. The van der Waals surface area contributed by atoms with Gasteiger partial charge in [0.2, 0.25) is 0 Å². The number of nitrogens with two attached hydrogens (primary N) is 1. The molecule has 30 heavy (non-hydrogen) atoms. The van der Waals surface area contributed by atoms with Gasteiger partial charge in [0, 0.05) is 59.7 Å². The third kappa shape index (κ3) is 18.3. The summed E-state index contributed by atoms with van der Waals surface area (Å²) in [6.07, 6.45) is 1.96. The van der Waals surface area contributed by atoms with Crippen molar-refractivity contribution in [2.45, 2.75) is 45.7 Å². The lowest BCUT2D eigenvalue weighted by molar-refractivity contribution is -0.870. The Morgan fingerprint density at radius 2 is 1.07 bits per heavy atom. The molecular formula is C18H48Cl2N2O6Si2. The Morgan fingerprint density at radius 3 is 1.33 bits per heavy atom. The molecule has 0 radical (unpaired) electrons. The zero-order chi connectivity index (χ0) is 22.1. The van der Waals surface area contributed by atoms with Crippen LogP contribution in [0.25, 0.3) is 0 Å². The molecule has 0 aliphatic carbocycles. The first-order valence-electron chi connectivity index (χ1n) is 10.2. The molecule has 0 saturated heterocycles. The number of hydrogen-bond acceptors (Lipinski definition) is 7. The summed E-state index contributed by atoms with van der Waals surface area (Å²) in [6, 6.07) is 1.70. The maximum absolute atomic E-state index is 5.81. The minimum Gasteiger partial charge on any atom is -1.00 e. The highest BCUT2D eigenvalue weighted by Gasteiger charge is 2.40. The molecule has 0 aromatic rings. The Labute approximate surface area is 200 Å². The van der Waals surface area contributed by atoms with E-state index < -0.39 is 17.6 Å². The molecule has 0 rings (SSSR count). The summed E-state index contributed by atoms with van der Waals surface area (Å²) >= 11 is 0. The van der Waals surface area contributed by atoms with Gasteiger partial charge in [-0.05, 0) is 33.7 Å². The van der Waals surface area contributed by atoms with Gasteiger partial charge in [0.05, 0.1) is 27.7 Å². The maximum Gasteiger partial charge on any atom is 0.501 e. The van der Waals surface area contributed by atoms with Crippen LogP contribution in [-0.4, -0.2) is 97.5 Å². The topological polar surface area (TPSA) is 81.4 Å². The van der Waals surface area contributed by atoms with Crippen LogP contribution in [0.2, 0.25) is 12.1 Å². The first-order chi connectivity index (χ1) is 13.1. The van der Waals surface area contributed by atoms with E-state index in [9.17, 15) is 0 Å². The van der Waals surface area contributed by atoms with E-state index in [1.165, 1.54) is 0 Å². The average molecular weight is 516 g/mol. The van der Waals surface area contributed by atoms with Crippen LogP contribution in [0.15, 0.2) is 0 Å². The van der Waals surface area contributed by atoms with Gasteiger partial charge in [-0.1, -0.05) is 0 Å². The fourth-order valence-corrected chi connectivity index (χ4v) is 6.99. The summed E-state index contributed by atoms with van der Waals surface area (Å²) in [6.45, 7) is 9.75. The van der Waals surface area contributed by atoms with Crippen LogP contribution in [0, 0.1) is 0 Å². The van der Waals surface area contributed by atoms with Gasteiger partial charge < -0.3 is 49.2 Å². The standard InChI is InChI=1S/C12H30NO3Si.C6H17NO3Si.2ClH/c1-7-14-17(15-8-2,16-9-3)12-10-11-13(4,5)6;1-8-11(9-2,10-3)6-4-5-7;;/h7-12H2,1-6H3;4-7H2,1-3H3;2*1H/q+1;;;/p-1. The summed E-state index contributed by atoms with van der Waals surface area (Å²) in [5, 5.41) is 0. The van der Waals surface area contributed by atoms with Gasteiger partial charge in [-0.15, -0.1) is 12.4 Å². The molecule has 0 bridgehead atoms. The number of rotatable bonds is 16. The summed E-state index contributed by atoms with van der Waals surface area (Å²) in [5.74, 6) is 0. The van der Waals surface area contributed by atoms with Gasteiger partial charge in [0.25, 0.3) is 0 Å². The molecule has 0 aliphatic heterocycles. The Balaban J connectivity index is -0.000000228. The van der Waals surface area contributed by atoms with Crippen molar-refractivity contribution in [3.63, 3.8) is 0 Å². The van der Waals surface area contributed by atoms with E-state index >= 15 is 0 Å². The highest BCUT2D eigenvalue weighted by molar-refractivity contribution is 6.61. The van der Waals surface area contributed by atoms with E-state index in [0.29, 0.717) is 26.4 Å². The quantitative estimate of drug-likeness (QED) is 0.225. The normalized spacial score (nSPS) is 11.8. The van der Waals surface area contributed by atoms with Crippen molar-refractivity contribution in [3.8, 4) is 0 Å². The molecule has 0 amide bonds. The molecule has 12 heteroatoms. The Hall–Kier alpha value is 0.694. The average Bonchev–Trinajstić information content (AvgIpc) is 2.63. The van der Waals surface area contributed by atoms with Crippen LogP contribution in [0.1, 0.15) is 33.6 Å². The van der Waals surface area contributed by atoms with Crippen LogP contribution in [0.3, 0.4) is 0 Å². The van der Waals surface area contributed by atoms with E-state index in [2.05, 4.69) is 21.1 Å². The molecule has 0 spiro atoms. The molecule has 0 aromatic heterocycles. The second-order valence-corrected chi connectivity index (χ2v) is 13.1. The van der Waals surface area contributed by atoms with E-state index in [1.807, 2.05) is 20.8 Å². The third-order valence-electron chi connectivity index (χ3n) is 4.02. The molecule has 0 unspecified atom stereocenters. The van der Waals surface area contributed by atoms with Gasteiger partial charge in [-0.3, -0.25) is 0 Å². The molecular weight excluding hydrogens is 467 g/mol. The maximum atomic E-state index is 5.81. The third-order valence-corrected chi connectivity index (χ3v) is 10.0. The predicted octanol–water partition coefficient (Wildman–Crippen LogP) is -0.230. The summed E-state index contributed by atoms with van der Waals surface area (Å²) in [5.41, 5.74) is 5.36. The molecule has 0 aliphatic rings. The molecule has 8 nitrogen and oxygen atoms in total. The van der Waals surface area contributed by atoms with Gasteiger partial charge in [0.1, 0.15) is 0 Å². The first-order valence-corrected chi connectivity index (χ1v) is 14.1. The number of halogens is 2. The van der Waals surface area contributed by atoms with E-state index in [1.54, 1.807) is 21.3 Å². The number of nitrogens with zero attached hydrogens (tertiary/aromatic N) is 1. The van der Waals surface area contributed by atoms with E-state index in [4.69, 9.17) is 32.3 Å². The minimum absolute atomic E-state index is 0. The first kappa shape index (κ1) is 38.0. The van der Waals surface area contributed by atoms with Crippen molar-refractivity contribution in [2.75, 3.05) is 75.4 Å².